The first-order valence-corrected chi connectivity index (χ1v) is 56.3. The number of sulfonamides is 3. The molecule has 19 rings (SSSR count). The average molecular weight is 2120 g/mol. The van der Waals surface area contributed by atoms with Crippen LogP contribution in [0.2, 0.25) is 0 Å². The predicted octanol–water partition coefficient (Wildman–Crippen LogP) is 6.76. The van der Waals surface area contributed by atoms with E-state index in [2.05, 4.69) is 65.8 Å². The summed E-state index contributed by atoms with van der Waals surface area (Å²) >= 11 is 0. The van der Waals surface area contributed by atoms with Crippen molar-refractivity contribution >= 4 is 138 Å². The van der Waals surface area contributed by atoms with Crippen LogP contribution in [0.5, 0.6) is 0 Å². The van der Waals surface area contributed by atoms with E-state index < -0.39 is 224 Å². The Morgan fingerprint density at radius 2 is 0.785 bits per heavy atom. The zero-order chi connectivity index (χ0) is 107. The monoisotopic (exact) mass is 2110 g/mol. The molecule has 16 aliphatic rings. The van der Waals surface area contributed by atoms with Crippen molar-refractivity contribution in [3.63, 3.8) is 0 Å². The topological polar surface area (TPSA) is 520 Å². The highest BCUT2D eigenvalue weighted by molar-refractivity contribution is 7.91. The zero-order valence-corrected chi connectivity index (χ0v) is 87.5. The molecule has 802 valence electrons. The van der Waals surface area contributed by atoms with Gasteiger partial charge in [0.1, 0.15) is 71.2 Å². The van der Waals surface area contributed by atoms with Gasteiger partial charge in [-0.1, -0.05) is 157 Å². The number of nitrogens with zero attached hydrogens (tertiary/aromatic N) is 8. The van der Waals surface area contributed by atoms with Gasteiger partial charge in [0.25, 0.3) is 17.7 Å². The minimum absolute atomic E-state index is 0.0275. The zero-order valence-electron chi connectivity index (χ0n) is 85.1. The van der Waals surface area contributed by atoms with E-state index in [4.69, 9.17) is 14.2 Å². The fraction of sp³-hybridized carbons (Fsp3) is 0.571. The quantitative estimate of drug-likeness (QED) is 0.0416. The van der Waals surface area contributed by atoms with Crippen molar-refractivity contribution in [2.75, 3.05) is 46.8 Å². The molecule has 0 unspecified atom stereocenters. The third kappa shape index (κ3) is 23.3. The van der Waals surface area contributed by atoms with Crippen molar-refractivity contribution in [3.05, 3.63) is 161 Å². The number of carbonyl (C=O) groups excluding carboxylic acids is 15. The van der Waals surface area contributed by atoms with Crippen LogP contribution >= 0.6 is 0 Å². The van der Waals surface area contributed by atoms with Gasteiger partial charge >= 0.3 is 30.3 Å². The highest BCUT2D eigenvalue weighted by atomic mass is 32.2. The molecule has 9 aliphatic heterocycles. The van der Waals surface area contributed by atoms with E-state index in [0.29, 0.717) is 117 Å². The molecular weight excluding hydrogens is 1980 g/mol. The van der Waals surface area contributed by atoms with E-state index in [1.165, 1.54) is 42.7 Å². The lowest BCUT2D eigenvalue weighted by molar-refractivity contribution is -0.143. The lowest BCUT2D eigenvalue weighted by atomic mass is 9.85. The number of nitrogens with one attached hydrogen (secondary N) is 9. The third-order valence-electron chi connectivity index (χ3n) is 31.6. The van der Waals surface area contributed by atoms with Crippen LogP contribution in [0.25, 0.3) is 18.2 Å². The number of carbonyl (C=O) groups is 15. The molecule has 0 radical (unpaired) electrons. The van der Waals surface area contributed by atoms with E-state index in [0.717, 1.165) is 75.8 Å². The Labute approximate surface area is 867 Å². The number of fused-ring (bicyclic) bond motifs is 9. The Morgan fingerprint density at radius 1 is 0.443 bits per heavy atom. The van der Waals surface area contributed by atoms with Crippen LogP contribution in [-0.2, 0) is 131 Å². The Morgan fingerprint density at radius 3 is 1.12 bits per heavy atom. The number of urea groups is 2. The van der Waals surface area contributed by atoms with Gasteiger partial charge in [0.2, 0.25) is 71.4 Å². The molecule has 44 heteroatoms. The van der Waals surface area contributed by atoms with Gasteiger partial charge in [0.05, 0.1) is 55.0 Å². The summed E-state index contributed by atoms with van der Waals surface area (Å²) < 4.78 is 100. The van der Waals surface area contributed by atoms with Gasteiger partial charge in [-0.25, -0.2) is 49.2 Å². The largest absolute Gasteiger partial charge is 0.444 e. The minimum Gasteiger partial charge on any atom is -0.444 e. The van der Waals surface area contributed by atoms with Crippen LogP contribution in [0.15, 0.2) is 111 Å². The smallest absolute Gasteiger partial charge is 0.410 e. The maximum absolute atomic E-state index is 14.5. The first-order chi connectivity index (χ1) is 70.8. The summed E-state index contributed by atoms with van der Waals surface area (Å²) in [7, 11) is -8.39. The van der Waals surface area contributed by atoms with Crippen molar-refractivity contribution in [1.82, 2.24) is 85.3 Å². The number of ether oxygens (including phenoxy) is 3. The van der Waals surface area contributed by atoms with Crippen molar-refractivity contribution in [1.29, 1.82) is 0 Å². The van der Waals surface area contributed by atoms with Gasteiger partial charge in [0, 0.05) is 90.3 Å². The average Bonchev–Trinajstić information content (AvgIpc) is 1.58. The second kappa shape index (κ2) is 42.8. The maximum Gasteiger partial charge on any atom is 0.410 e. The van der Waals surface area contributed by atoms with Crippen LogP contribution in [-0.4, -0.2) is 288 Å². The third-order valence-corrected chi connectivity index (χ3v) is 37.1. The number of hydrogen-bond acceptors (Lipinski definition) is 24. The van der Waals surface area contributed by atoms with E-state index in [-0.39, 0.29) is 82.3 Å². The minimum atomic E-state index is -3.90. The van der Waals surface area contributed by atoms with Crippen molar-refractivity contribution in [2.45, 2.75) is 296 Å². The number of rotatable bonds is 20. The predicted molar refractivity (Wildman–Crippen MR) is 544 cm³/mol. The Hall–Kier alpha value is -13.0. The van der Waals surface area contributed by atoms with Crippen molar-refractivity contribution < 1.29 is 111 Å². The van der Waals surface area contributed by atoms with Crippen molar-refractivity contribution in [2.24, 2.45) is 35.0 Å². The van der Waals surface area contributed by atoms with E-state index in [1.807, 2.05) is 91.1 Å². The molecular formula is C105H135N17O24S3. The van der Waals surface area contributed by atoms with Gasteiger partial charge in [-0.05, 0) is 164 Å². The number of hydrogen-bond donors (Lipinski definition) is 9. The first kappa shape index (κ1) is 107. The summed E-state index contributed by atoms with van der Waals surface area (Å²) in [6.45, 7) is 22.7. The van der Waals surface area contributed by atoms with Crippen LogP contribution in [0, 0.1) is 35.0 Å². The van der Waals surface area contributed by atoms with E-state index in [1.54, 1.807) is 63.4 Å². The summed E-state index contributed by atoms with van der Waals surface area (Å²) in [4.78, 5) is 218. The molecule has 17 amide bonds. The SMILES string of the molecule is C=C[C@@H]1C[C@]1(NC(=O)[C@@H]1C[C@@H]2CN1C(=O)[C@H](C(C)(C)C)NC(=O)N(C)CC/C=C/c1cccc3c1CN(C3)C(=O)O2)C(=O)NS(=O)(=O)C1CC1.C=C[C@@H]1C[C@]1(NC(=O)[C@@H]1C[C@@H]2CN1C(=O)[C@H](C(C)C)NC(=O)N(C)CC/C=C/c1cccc3c1CN(C3)C(=O)O2)C(=O)NS(=O)(=O)C1CC1.C=C[C@@H]1C[C@]1(NC(=O)[C@@H]1C[C@@H]2CN1C(=O)[C@H](C1CCCC1)NC(=O)CCC/C=C/c1cccc3c1CN(C3)C(=O)O2)C(=O)NS(=O)(=O)C1CC1. The lowest BCUT2D eigenvalue weighted by Gasteiger charge is -2.36. The summed E-state index contributed by atoms with van der Waals surface area (Å²) in [6, 6.07) is 10.3. The summed E-state index contributed by atoms with van der Waals surface area (Å²) in [5.74, 6) is -8.44. The molecule has 7 aliphatic carbocycles. The second-order valence-corrected chi connectivity index (χ2v) is 49.7. The highest BCUT2D eigenvalue weighted by Crippen LogP contribution is 2.50. The lowest BCUT2D eigenvalue weighted by Crippen LogP contribution is -2.61. The number of amides is 17. The maximum atomic E-state index is 14.5. The molecule has 3 saturated heterocycles. The Bertz CT molecular complexity index is 6390. The van der Waals surface area contributed by atoms with Gasteiger partial charge in [-0.15, -0.1) is 19.7 Å². The Balaban J connectivity index is 0.000000152. The van der Waals surface area contributed by atoms with Gasteiger partial charge < -0.3 is 70.6 Å². The van der Waals surface area contributed by atoms with Crippen LogP contribution in [0.4, 0.5) is 24.0 Å². The Kier molecular flexibility index (Phi) is 30.8. The first-order valence-electron chi connectivity index (χ1n) is 51.7. The molecule has 0 aromatic heterocycles. The standard InChI is InChI=1S/C36H45N5O8S.C35H46N6O8S.C34H44N6O8S/c1-2-25-18-36(25,34(45)39-50(47,48)27-15-16-27)38-32(43)29-17-26-20-41(29)33(44)31(23-10-6-7-11-23)37-30(42)14-5-3-4-9-22-12-8-13-24-19-40(21-28(22)24)35(46)49-26;1-6-23-17-35(23,31(44)38-50(47,48)25-13-14-25)37-29(42)27-16-24-19-41(27)30(43)28(34(2,3)4)36-32(45)39(5)15-8-7-10-21-11-9-12-22-18-40(20-26(21)22)33(46)49-24;1-5-23-16-34(23,31(43)37-49(46,47)25-12-13-25)36-29(41)27-15-24-18-40(27)30(42)28(20(2)3)35-32(44)38(4)14-7-6-9-21-10-8-11-22-17-39(19-26(21)22)33(45)48-24/h2,4,8-9,12-13,23,25-27,29,31H,1,3,5-7,10-11,14-21H2,(H,37,42)(H,38,43)(H,39,45);6-7,9-12,23-25,27-28H,1,8,13-20H2,2-5H3,(H,36,45)(H,37,42)(H,38,44);5-6,8-11,20,23-25,27-28H,1,7,12-19H2,2-4H3,(H,35,44)(H,36,41)(H,37,43)/b9-4+;10-7+;9-6+/t25-,26-,29+,31+,36-;23-,24-,27+,28-,35-;23-,24-,27+,28+,34-/m111/s1. The normalized spacial score (nSPS) is 29.9. The molecule has 12 bridgehead atoms. The van der Waals surface area contributed by atoms with Gasteiger partial charge in [-0.2, -0.15) is 0 Å². The van der Waals surface area contributed by atoms with Crippen LogP contribution < -0.4 is 46.1 Å². The van der Waals surface area contributed by atoms with Gasteiger partial charge in [-0.3, -0.25) is 76.8 Å². The fourth-order valence-corrected chi connectivity index (χ4v) is 26.0. The molecule has 41 nitrogen and oxygen atoms in total. The van der Waals surface area contributed by atoms with Crippen LogP contribution in [0.1, 0.15) is 220 Å². The molecule has 15 atom stereocenters. The van der Waals surface area contributed by atoms with E-state index in [9.17, 15) is 97.2 Å². The summed E-state index contributed by atoms with van der Waals surface area (Å²) in [5, 5.41) is 15.0. The fourth-order valence-electron chi connectivity index (χ4n) is 21.9. The summed E-state index contributed by atoms with van der Waals surface area (Å²) in [6.07, 6.45) is 21.0. The molecule has 3 aromatic carbocycles. The van der Waals surface area contributed by atoms with Gasteiger partial charge in [0.15, 0.2) is 0 Å². The summed E-state index contributed by atoms with van der Waals surface area (Å²) in [5.41, 5.74) is 3.48. The molecule has 149 heavy (non-hydrogen) atoms. The number of benzene rings is 3. The molecule has 7 saturated carbocycles. The molecule has 9 N–H and O–H groups in total. The molecule has 9 heterocycles. The second-order valence-electron chi connectivity index (χ2n) is 43.8. The molecule has 10 fully saturated rings. The van der Waals surface area contributed by atoms with E-state index >= 15 is 0 Å². The highest BCUT2D eigenvalue weighted by Gasteiger charge is 2.66. The number of allylic oxidation sites excluding steroid dienone is 1. The molecule has 0 spiro atoms. The molecule has 3 aromatic rings. The van der Waals surface area contributed by atoms with Crippen LogP contribution in [0.3, 0.4) is 0 Å². The van der Waals surface area contributed by atoms with Crippen molar-refractivity contribution in [3.8, 4) is 0 Å².